The molecular formula is C24H29N5O2. The highest BCUT2D eigenvalue weighted by Gasteiger charge is 2.20. The summed E-state index contributed by atoms with van der Waals surface area (Å²) < 4.78 is 7.02. The number of nitrogens with zero attached hydrogens (tertiary/aromatic N) is 4. The third-order valence-corrected chi connectivity index (χ3v) is 5.55. The molecule has 0 saturated carbocycles. The molecule has 1 fully saturated rings. The van der Waals surface area contributed by atoms with Crippen LogP contribution in [0.2, 0.25) is 0 Å². The summed E-state index contributed by atoms with van der Waals surface area (Å²) in [4.78, 5) is 17.3. The maximum Gasteiger partial charge on any atom is 0.239 e. The van der Waals surface area contributed by atoms with Crippen molar-refractivity contribution in [3.05, 3.63) is 65.9 Å². The molecule has 1 aliphatic rings. The van der Waals surface area contributed by atoms with Crippen molar-refractivity contribution in [2.24, 2.45) is 0 Å². The van der Waals surface area contributed by atoms with Crippen LogP contribution in [0.15, 0.2) is 54.6 Å². The van der Waals surface area contributed by atoms with Gasteiger partial charge in [-0.05, 0) is 50.2 Å². The summed E-state index contributed by atoms with van der Waals surface area (Å²) in [6, 6.07) is 18.1. The molecule has 0 unspecified atom stereocenters. The molecule has 0 bridgehead atoms. The largest absolute Gasteiger partial charge is 0.497 e. The van der Waals surface area contributed by atoms with Crippen molar-refractivity contribution < 1.29 is 9.53 Å². The lowest BCUT2D eigenvalue weighted by atomic mass is 10.2. The van der Waals surface area contributed by atoms with Crippen molar-refractivity contribution in [3.63, 3.8) is 0 Å². The molecule has 1 saturated heterocycles. The monoisotopic (exact) mass is 419 g/mol. The Bertz CT molecular complexity index is 1020. The van der Waals surface area contributed by atoms with Crippen molar-refractivity contribution in [1.82, 2.24) is 14.7 Å². The number of hydrogen-bond donors (Lipinski definition) is 1. The molecule has 162 valence electrons. The Balaban J connectivity index is 1.33. The standard InChI is InChI=1S/C24H29N5O2/c1-18-4-6-21(7-5-18)29-23(16-19(2)26-29)25-24(30)17-27-12-14-28(15-13-27)20-8-10-22(31-3)11-9-20/h4-11,16H,12-15,17H2,1-3H3,(H,25,30). The summed E-state index contributed by atoms with van der Waals surface area (Å²) >= 11 is 0. The van der Waals surface area contributed by atoms with E-state index >= 15 is 0 Å². The molecule has 1 amide bonds. The third kappa shape index (κ3) is 5.06. The number of carbonyl (C=O) groups is 1. The Morgan fingerprint density at radius 1 is 0.968 bits per heavy atom. The molecule has 0 atom stereocenters. The van der Waals surface area contributed by atoms with Crippen LogP contribution in [0, 0.1) is 13.8 Å². The Kier molecular flexibility index (Phi) is 6.23. The Morgan fingerprint density at radius 2 is 1.61 bits per heavy atom. The lowest BCUT2D eigenvalue weighted by molar-refractivity contribution is -0.117. The number of rotatable bonds is 6. The second kappa shape index (κ2) is 9.22. The first-order chi connectivity index (χ1) is 15.0. The van der Waals surface area contributed by atoms with Crippen LogP contribution in [0.3, 0.4) is 0 Å². The minimum Gasteiger partial charge on any atom is -0.497 e. The predicted molar refractivity (Wildman–Crippen MR) is 123 cm³/mol. The number of piperazine rings is 1. The highest BCUT2D eigenvalue weighted by molar-refractivity contribution is 5.91. The molecular weight excluding hydrogens is 390 g/mol. The van der Waals surface area contributed by atoms with E-state index in [1.165, 1.54) is 11.3 Å². The molecule has 0 aliphatic carbocycles. The van der Waals surface area contributed by atoms with E-state index < -0.39 is 0 Å². The summed E-state index contributed by atoms with van der Waals surface area (Å²) in [6.45, 7) is 7.81. The first-order valence-electron chi connectivity index (χ1n) is 10.6. The number of nitrogens with one attached hydrogen (secondary N) is 1. The number of methoxy groups -OCH3 is 1. The molecule has 0 radical (unpaired) electrons. The van der Waals surface area contributed by atoms with Gasteiger partial charge >= 0.3 is 0 Å². The summed E-state index contributed by atoms with van der Waals surface area (Å²) in [7, 11) is 1.67. The van der Waals surface area contributed by atoms with Gasteiger partial charge in [0.1, 0.15) is 11.6 Å². The van der Waals surface area contributed by atoms with E-state index in [2.05, 4.69) is 39.3 Å². The zero-order valence-corrected chi connectivity index (χ0v) is 18.3. The van der Waals surface area contributed by atoms with Gasteiger partial charge in [0, 0.05) is 37.9 Å². The molecule has 7 heteroatoms. The number of hydrogen-bond acceptors (Lipinski definition) is 5. The smallest absolute Gasteiger partial charge is 0.239 e. The molecule has 1 aromatic heterocycles. The molecule has 0 spiro atoms. The predicted octanol–water partition coefficient (Wildman–Crippen LogP) is 3.26. The number of amides is 1. The first-order valence-corrected chi connectivity index (χ1v) is 10.6. The third-order valence-electron chi connectivity index (χ3n) is 5.55. The van der Waals surface area contributed by atoms with Crippen LogP contribution in [0.1, 0.15) is 11.3 Å². The van der Waals surface area contributed by atoms with Gasteiger partial charge in [-0.15, -0.1) is 0 Å². The zero-order valence-electron chi connectivity index (χ0n) is 18.3. The van der Waals surface area contributed by atoms with Crippen molar-refractivity contribution in [1.29, 1.82) is 0 Å². The summed E-state index contributed by atoms with van der Waals surface area (Å²) in [5, 5.41) is 7.58. The minimum atomic E-state index is -0.0221. The number of ether oxygens (including phenoxy) is 1. The molecule has 2 aromatic carbocycles. The highest BCUT2D eigenvalue weighted by atomic mass is 16.5. The number of anilines is 2. The van der Waals surface area contributed by atoms with Gasteiger partial charge < -0.3 is 15.0 Å². The van der Waals surface area contributed by atoms with Crippen molar-refractivity contribution in [2.75, 3.05) is 50.1 Å². The average Bonchev–Trinajstić information content (AvgIpc) is 3.14. The maximum absolute atomic E-state index is 12.7. The van der Waals surface area contributed by atoms with Crippen LogP contribution < -0.4 is 15.0 Å². The van der Waals surface area contributed by atoms with E-state index in [1.54, 1.807) is 11.8 Å². The molecule has 1 N–H and O–H groups in total. The van der Waals surface area contributed by atoms with E-state index in [0.29, 0.717) is 12.4 Å². The molecule has 4 rings (SSSR count). The van der Waals surface area contributed by atoms with Gasteiger partial charge in [-0.3, -0.25) is 9.69 Å². The summed E-state index contributed by atoms with van der Waals surface area (Å²) in [6.07, 6.45) is 0. The fraction of sp³-hybridized carbons (Fsp3) is 0.333. The molecule has 2 heterocycles. The van der Waals surface area contributed by atoms with Gasteiger partial charge in [0.25, 0.3) is 0 Å². The zero-order chi connectivity index (χ0) is 21.8. The van der Waals surface area contributed by atoms with Crippen LogP contribution in [-0.2, 0) is 4.79 Å². The Labute approximate surface area is 183 Å². The Hall–Kier alpha value is -3.32. The average molecular weight is 420 g/mol. The van der Waals surface area contributed by atoms with Crippen LogP contribution in [0.5, 0.6) is 5.75 Å². The van der Waals surface area contributed by atoms with Gasteiger partial charge in [0.05, 0.1) is 25.0 Å². The molecule has 31 heavy (non-hydrogen) atoms. The maximum atomic E-state index is 12.7. The normalized spacial score (nSPS) is 14.5. The van der Waals surface area contributed by atoms with Crippen LogP contribution >= 0.6 is 0 Å². The van der Waals surface area contributed by atoms with Gasteiger partial charge in [-0.25, -0.2) is 4.68 Å². The van der Waals surface area contributed by atoms with Crippen LogP contribution in [0.4, 0.5) is 11.5 Å². The first kappa shape index (κ1) is 20.9. The van der Waals surface area contributed by atoms with E-state index in [4.69, 9.17) is 4.74 Å². The Morgan fingerprint density at radius 3 is 2.26 bits per heavy atom. The van der Waals surface area contributed by atoms with Crippen LogP contribution in [-0.4, -0.2) is 60.4 Å². The van der Waals surface area contributed by atoms with Crippen molar-refractivity contribution in [2.45, 2.75) is 13.8 Å². The lowest BCUT2D eigenvalue weighted by Crippen LogP contribution is -2.48. The fourth-order valence-corrected chi connectivity index (χ4v) is 3.81. The quantitative estimate of drug-likeness (QED) is 0.665. The topological polar surface area (TPSA) is 62.6 Å². The molecule has 3 aromatic rings. The van der Waals surface area contributed by atoms with Crippen molar-refractivity contribution in [3.8, 4) is 11.4 Å². The van der Waals surface area contributed by atoms with Gasteiger partial charge in [-0.2, -0.15) is 5.10 Å². The number of benzene rings is 2. The number of aryl methyl sites for hydroxylation is 2. The molecule has 1 aliphatic heterocycles. The lowest BCUT2D eigenvalue weighted by Gasteiger charge is -2.35. The van der Waals surface area contributed by atoms with Gasteiger partial charge in [0.2, 0.25) is 5.91 Å². The highest BCUT2D eigenvalue weighted by Crippen LogP contribution is 2.21. The summed E-state index contributed by atoms with van der Waals surface area (Å²) in [5.41, 5.74) is 4.17. The van der Waals surface area contributed by atoms with E-state index in [1.807, 2.05) is 49.4 Å². The minimum absolute atomic E-state index is 0.0221. The SMILES string of the molecule is COc1ccc(N2CCN(CC(=O)Nc3cc(C)nn3-c3ccc(C)cc3)CC2)cc1. The van der Waals surface area contributed by atoms with E-state index in [9.17, 15) is 4.79 Å². The summed E-state index contributed by atoms with van der Waals surface area (Å²) in [5.74, 6) is 1.54. The van der Waals surface area contributed by atoms with E-state index in [0.717, 1.165) is 43.3 Å². The van der Waals surface area contributed by atoms with Crippen molar-refractivity contribution >= 4 is 17.4 Å². The fourth-order valence-electron chi connectivity index (χ4n) is 3.81. The van der Waals surface area contributed by atoms with Gasteiger partial charge in [0.15, 0.2) is 0 Å². The van der Waals surface area contributed by atoms with E-state index in [-0.39, 0.29) is 5.91 Å². The number of carbonyl (C=O) groups excluding carboxylic acids is 1. The second-order valence-corrected chi connectivity index (χ2v) is 7.93. The second-order valence-electron chi connectivity index (χ2n) is 7.93. The molecule has 7 nitrogen and oxygen atoms in total. The van der Waals surface area contributed by atoms with Crippen LogP contribution in [0.25, 0.3) is 5.69 Å². The number of aromatic nitrogens is 2. The van der Waals surface area contributed by atoms with Gasteiger partial charge in [-0.1, -0.05) is 17.7 Å².